The normalized spacial score (nSPS) is 10.1. The third kappa shape index (κ3) is 3.81. The molecule has 1 heterocycles. The quantitative estimate of drug-likeness (QED) is 0.876. The Morgan fingerprint density at radius 2 is 2.10 bits per heavy atom. The van der Waals surface area contributed by atoms with Crippen molar-refractivity contribution in [1.29, 1.82) is 0 Å². The molecule has 0 saturated carbocycles. The smallest absolute Gasteiger partial charge is 0.252 e. The van der Waals surface area contributed by atoms with Gasteiger partial charge in [-0.3, -0.25) is 9.78 Å². The lowest BCUT2D eigenvalue weighted by atomic mass is 10.2. The van der Waals surface area contributed by atoms with Crippen molar-refractivity contribution < 1.29 is 4.79 Å². The molecule has 20 heavy (non-hydrogen) atoms. The first-order valence-corrected chi connectivity index (χ1v) is 7.25. The van der Waals surface area contributed by atoms with Gasteiger partial charge >= 0.3 is 0 Å². The fourth-order valence-corrected chi connectivity index (χ4v) is 2.08. The maximum atomic E-state index is 11.9. The summed E-state index contributed by atoms with van der Waals surface area (Å²) in [4.78, 5) is 16.0. The van der Waals surface area contributed by atoms with Gasteiger partial charge in [-0.2, -0.15) is 0 Å². The minimum absolute atomic E-state index is 0.102. The Balaban J connectivity index is 2.14. The van der Waals surface area contributed by atoms with Gasteiger partial charge in [-0.25, -0.2) is 0 Å². The maximum absolute atomic E-state index is 11.9. The van der Waals surface area contributed by atoms with Crippen LogP contribution in [0.4, 0.5) is 11.4 Å². The highest BCUT2D eigenvalue weighted by atomic mass is 79.9. The Morgan fingerprint density at radius 3 is 2.85 bits per heavy atom. The Kier molecular flexibility index (Phi) is 5.12. The number of halogens is 1. The molecule has 0 saturated heterocycles. The number of para-hydroxylation sites is 1. The lowest BCUT2D eigenvalue weighted by Crippen LogP contribution is -2.24. The molecule has 4 nitrogen and oxygen atoms in total. The lowest BCUT2D eigenvalue weighted by Gasteiger charge is -2.09. The Labute approximate surface area is 126 Å². The van der Waals surface area contributed by atoms with Gasteiger partial charge in [0, 0.05) is 17.2 Å². The molecule has 104 valence electrons. The summed E-state index contributed by atoms with van der Waals surface area (Å²) in [5, 5.41) is 6.07. The fraction of sp³-hybridized carbons (Fsp3) is 0.200. The number of nitrogens with zero attached hydrogens (tertiary/aromatic N) is 1. The monoisotopic (exact) mass is 333 g/mol. The molecule has 2 N–H and O–H groups in total. The number of amides is 1. The van der Waals surface area contributed by atoms with E-state index in [0.29, 0.717) is 12.1 Å². The summed E-state index contributed by atoms with van der Waals surface area (Å²) < 4.78 is 0.959. The third-order valence-electron chi connectivity index (χ3n) is 2.69. The van der Waals surface area contributed by atoms with Gasteiger partial charge in [-0.05, 0) is 40.5 Å². The van der Waals surface area contributed by atoms with Gasteiger partial charge in [0.05, 0.1) is 23.1 Å². The van der Waals surface area contributed by atoms with Gasteiger partial charge in [0.1, 0.15) is 0 Å². The molecule has 0 unspecified atom stereocenters. The zero-order valence-electron chi connectivity index (χ0n) is 11.2. The van der Waals surface area contributed by atoms with E-state index in [1.54, 1.807) is 18.5 Å². The van der Waals surface area contributed by atoms with Crippen molar-refractivity contribution in [2.45, 2.75) is 13.3 Å². The van der Waals surface area contributed by atoms with Crippen LogP contribution in [0.3, 0.4) is 0 Å². The van der Waals surface area contributed by atoms with Crippen LogP contribution < -0.4 is 10.6 Å². The zero-order chi connectivity index (χ0) is 14.4. The lowest BCUT2D eigenvalue weighted by molar-refractivity contribution is 0.0953. The van der Waals surface area contributed by atoms with Crippen LogP contribution in [0.2, 0.25) is 0 Å². The number of anilines is 2. The summed E-state index contributed by atoms with van der Waals surface area (Å²) in [7, 11) is 0. The highest BCUT2D eigenvalue weighted by molar-refractivity contribution is 9.10. The molecule has 0 bridgehead atoms. The van der Waals surface area contributed by atoms with Crippen LogP contribution in [0.1, 0.15) is 23.7 Å². The second-order valence-corrected chi connectivity index (χ2v) is 5.18. The fourth-order valence-electron chi connectivity index (χ4n) is 1.69. The van der Waals surface area contributed by atoms with E-state index < -0.39 is 0 Å². The van der Waals surface area contributed by atoms with Gasteiger partial charge in [-0.1, -0.05) is 19.1 Å². The number of carbonyl (C=O) groups is 1. The highest BCUT2D eigenvalue weighted by Gasteiger charge is 2.06. The number of hydrogen-bond acceptors (Lipinski definition) is 3. The highest BCUT2D eigenvalue weighted by Crippen LogP contribution is 2.25. The molecule has 0 aliphatic carbocycles. The predicted octanol–water partition coefficient (Wildman–Crippen LogP) is 3.73. The molecule has 0 radical (unpaired) electrons. The van der Waals surface area contributed by atoms with E-state index >= 15 is 0 Å². The number of benzene rings is 1. The average Bonchev–Trinajstić information content (AvgIpc) is 2.47. The topological polar surface area (TPSA) is 54.0 Å². The average molecular weight is 334 g/mol. The number of rotatable bonds is 5. The minimum atomic E-state index is -0.102. The molecule has 0 atom stereocenters. The van der Waals surface area contributed by atoms with Gasteiger partial charge in [0.2, 0.25) is 0 Å². The first kappa shape index (κ1) is 14.5. The van der Waals surface area contributed by atoms with Crippen LogP contribution in [0.5, 0.6) is 0 Å². The first-order valence-electron chi connectivity index (χ1n) is 6.45. The van der Waals surface area contributed by atoms with Gasteiger partial charge < -0.3 is 10.6 Å². The molecule has 0 spiro atoms. The summed E-state index contributed by atoms with van der Waals surface area (Å²) in [5.41, 5.74) is 2.26. The summed E-state index contributed by atoms with van der Waals surface area (Å²) in [6.07, 6.45) is 4.17. The van der Waals surface area contributed by atoms with Crippen LogP contribution in [0.15, 0.2) is 47.2 Å². The van der Waals surface area contributed by atoms with Crippen molar-refractivity contribution in [3.8, 4) is 0 Å². The molecule has 5 heteroatoms. The van der Waals surface area contributed by atoms with Crippen LogP contribution >= 0.6 is 15.9 Å². The SMILES string of the molecule is CCCNC(=O)c1cncc(Nc2ccccc2Br)c1. The predicted molar refractivity (Wildman–Crippen MR) is 84.3 cm³/mol. The van der Waals surface area contributed by atoms with E-state index in [4.69, 9.17) is 0 Å². The van der Waals surface area contributed by atoms with Crippen molar-refractivity contribution in [3.63, 3.8) is 0 Å². The van der Waals surface area contributed by atoms with Crippen LogP contribution in [-0.2, 0) is 0 Å². The van der Waals surface area contributed by atoms with Crippen LogP contribution in [-0.4, -0.2) is 17.4 Å². The molecule has 2 rings (SSSR count). The molecule has 1 aromatic carbocycles. The molecule has 0 fully saturated rings. The largest absolute Gasteiger partial charge is 0.353 e. The minimum Gasteiger partial charge on any atom is -0.353 e. The number of carbonyl (C=O) groups excluding carboxylic acids is 1. The number of aromatic nitrogens is 1. The van der Waals surface area contributed by atoms with Crippen molar-refractivity contribution in [1.82, 2.24) is 10.3 Å². The molecule has 1 amide bonds. The van der Waals surface area contributed by atoms with Gasteiger partial charge in [0.25, 0.3) is 5.91 Å². The summed E-state index contributed by atoms with van der Waals surface area (Å²) in [6, 6.07) is 9.58. The van der Waals surface area contributed by atoms with E-state index in [2.05, 4.69) is 31.5 Å². The third-order valence-corrected chi connectivity index (χ3v) is 3.38. The second-order valence-electron chi connectivity index (χ2n) is 4.32. The standard InChI is InChI=1S/C15H16BrN3O/c1-2-7-18-15(20)11-8-12(10-17-9-11)19-14-6-4-3-5-13(14)16/h3-6,8-10,19H,2,7H2,1H3,(H,18,20). The molecular weight excluding hydrogens is 318 g/mol. The second kappa shape index (κ2) is 7.05. The van der Waals surface area contributed by atoms with E-state index in [1.165, 1.54) is 0 Å². The van der Waals surface area contributed by atoms with E-state index in [9.17, 15) is 4.79 Å². The van der Waals surface area contributed by atoms with Crippen molar-refractivity contribution in [3.05, 3.63) is 52.8 Å². The first-order chi connectivity index (χ1) is 9.70. The van der Waals surface area contributed by atoms with E-state index in [-0.39, 0.29) is 5.91 Å². The van der Waals surface area contributed by atoms with E-state index in [1.807, 2.05) is 31.2 Å². The molecule has 0 aliphatic rings. The zero-order valence-corrected chi connectivity index (χ0v) is 12.8. The summed E-state index contributed by atoms with van der Waals surface area (Å²) in [5.74, 6) is -0.102. The van der Waals surface area contributed by atoms with Gasteiger partial charge in [-0.15, -0.1) is 0 Å². The van der Waals surface area contributed by atoms with Crippen LogP contribution in [0.25, 0.3) is 0 Å². The number of nitrogens with one attached hydrogen (secondary N) is 2. The summed E-state index contributed by atoms with van der Waals surface area (Å²) in [6.45, 7) is 2.68. The molecular formula is C15H16BrN3O. The van der Waals surface area contributed by atoms with Crippen LogP contribution in [0, 0.1) is 0 Å². The van der Waals surface area contributed by atoms with Crippen molar-refractivity contribution in [2.75, 3.05) is 11.9 Å². The Morgan fingerprint density at radius 1 is 1.30 bits per heavy atom. The van der Waals surface area contributed by atoms with Crippen molar-refractivity contribution in [2.24, 2.45) is 0 Å². The maximum Gasteiger partial charge on any atom is 0.252 e. The molecule has 2 aromatic rings. The summed E-state index contributed by atoms with van der Waals surface area (Å²) >= 11 is 3.47. The molecule has 1 aromatic heterocycles. The van der Waals surface area contributed by atoms with E-state index in [0.717, 1.165) is 22.3 Å². The number of pyridine rings is 1. The van der Waals surface area contributed by atoms with Crippen molar-refractivity contribution >= 4 is 33.2 Å². The number of hydrogen-bond donors (Lipinski definition) is 2. The van der Waals surface area contributed by atoms with Gasteiger partial charge in [0.15, 0.2) is 0 Å². The molecule has 0 aliphatic heterocycles. The Hall–Kier alpha value is -1.88. The Bertz CT molecular complexity index is 601.